The van der Waals surface area contributed by atoms with Crippen molar-refractivity contribution in [1.82, 2.24) is 24.1 Å². The first-order valence-corrected chi connectivity index (χ1v) is 16.5. The summed E-state index contributed by atoms with van der Waals surface area (Å²) in [5.41, 5.74) is 2.80. The number of likely N-dealkylation sites (N-methyl/N-ethyl adjacent to an activating group) is 1. The lowest BCUT2D eigenvalue weighted by molar-refractivity contribution is 0.0982. The lowest BCUT2D eigenvalue weighted by Crippen LogP contribution is -2.52. The van der Waals surface area contributed by atoms with E-state index in [0.717, 1.165) is 62.1 Å². The highest BCUT2D eigenvalue weighted by atomic mass is 35.5. The first-order chi connectivity index (χ1) is 21.1. The van der Waals surface area contributed by atoms with E-state index in [1.165, 1.54) is 31.6 Å². The summed E-state index contributed by atoms with van der Waals surface area (Å²) in [6.45, 7) is 6.62. The minimum Gasteiger partial charge on any atom is -0.494 e. The SMILES string of the molecule is COc1cc(N2CCC(N3CCN(C)CC3)CC2)ccc1Nc1ncc(Cl)c(Nc2ccccc2N(C)S(=O)(=O)N(C)C)n1. The molecule has 0 amide bonds. The third kappa shape index (κ3) is 7.13. The predicted molar refractivity (Wildman–Crippen MR) is 178 cm³/mol. The number of hydrogen-bond donors (Lipinski definition) is 2. The van der Waals surface area contributed by atoms with Gasteiger partial charge in [0.2, 0.25) is 5.95 Å². The average Bonchev–Trinajstić information content (AvgIpc) is 3.03. The number of piperidine rings is 1. The monoisotopic (exact) mass is 643 g/mol. The van der Waals surface area contributed by atoms with Crippen LogP contribution < -0.4 is 24.6 Å². The molecule has 2 aliphatic heterocycles. The molecule has 238 valence electrons. The molecule has 0 unspecified atom stereocenters. The number of ether oxygens (including phenoxy) is 1. The van der Waals surface area contributed by atoms with E-state index in [1.807, 2.05) is 12.1 Å². The normalized spacial score (nSPS) is 17.1. The van der Waals surface area contributed by atoms with E-state index in [0.29, 0.717) is 40.6 Å². The minimum atomic E-state index is -3.71. The van der Waals surface area contributed by atoms with Gasteiger partial charge in [-0.2, -0.15) is 17.7 Å². The zero-order valence-corrected chi connectivity index (χ0v) is 27.6. The van der Waals surface area contributed by atoms with Gasteiger partial charge in [-0.1, -0.05) is 23.7 Å². The molecule has 44 heavy (non-hydrogen) atoms. The van der Waals surface area contributed by atoms with Gasteiger partial charge in [0.25, 0.3) is 0 Å². The third-order valence-corrected chi connectivity index (χ3v) is 10.5. The molecule has 3 heterocycles. The van der Waals surface area contributed by atoms with Gasteiger partial charge < -0.3 is 25.2 Å². The summed E-state index contributed by atoms with van der Waals surface area (Å²) in [5, 5.41) is 6.71. The molecule has 0 spiro atoms. The molecule has 0 atom stereocenters. The first kappa shape index (κ1) is 32.0. The highest BCUT2D eigenvalue weighted by Crippen LogP contribution is 2.35. The number of rotatable bonds is 10. The Morgan fingerprint density at radius 3 is 2.34 bits per heavy atom. The predicted octanol–water partition coefficient (Wildman–Crippen LogP) is 4.08. The molecule has 2 aromatic carbocycles. The number of piperazine rings is 1. The van der Waals surface area contributed by atoms with Crippen molar-refractivity contribution in [3.63, 3.8) is 0 Å². The Bertz CT molecular complexity index is 1540. The number of hydrogen-bond acceptors (Lipinski definition) is 10. The summed E-state index contributed by atoms with van der Waals surface area (Å²) >= 11 is 6.46. The van der Waals surface area contributed by atoms with E-state index in [2.05, 4.69) is 48.4 Å². The molecular formula is C30H42ClN9O3S. The largest absolute Gasteiger partial charge is 0.494 e. The van der Waals surface area contributed by atoms with Gasteiger partial charge in [0.05, 0.1) is 30.4 Å². The molecule has 0 bridgehead atoms. The van der Waals surface area contributed by atoms with Crippen molar-refractivity contribution in [2.24, 2.45) is 0 Å². The lowest BCUT2D eigenvalue weighted by atomic mass is 10.0. The summed E-state index contributed by atoms with van der Waals surface area (Å²) in [4.78, 5) is 16.4. The van der Waals surface area contributed by atoms with E-state index in [9.17, 15) is 8.42 Å². The van der Waals surface area contributed by atoms with Gasteiger partial charge in [-0.15, -0.1) is 0 Å². The van der Waals surface area contributed by atoms with Crippen LogP contribution in [0.25, 0.3) is 0 Å². The summed E-state index contributed by atoms with van der Waals surface area (Å²) in [5.74, 6) is 1.31. The topological polar surface area (TPSA) is 109 Å². The van der Waals surface area contributed by atoms with Gasteiger partial charge in [0.15, 0.2) is 5.82 Å². The summed E-state index contributed by atoms with van der Waals surface area (Å²) in [7, 11) is 4.61. The zero-order chi connectivity index (χ0) is 31.4. The highest BCUT2D eigenvalue weighted by Gasteiger charge is 2.27. The maximum Gasteiger partial charge on any atom is 0.303 e. The van der Waals surface area contributed by atoms with Crippen LogP contribution in [0.3, 0.4) is 0 Å². The fourth-order valence-corrected chi connectivity index (χ4v) is 6.68. The first-order valence-electron chi connectivity index (χ1n) is 14.7. The Hall–Kier alpha value is -3.36. The van der Waals surface area contributed by atoms with Crippen molar-refractivity contribution in [3.8, 4) is 5.75 Å². The van der Waals surface area contributed by atoms with Crippen molar-refractivity contribution in [3.05, 3.63) is 53.7 Å². The van der Waals surface area contributed by atoms with Crippen molar-refractivity contribution >= 4 is 56.3 Å². The molecule has 5 rings (SSSR count). The molecule has 14 heteroatoms. The van der Waals surface area contributed by atoms with Gasteiger partial charge in [-0.05, 0) is 44.2 Å². The van der Waals surface area contributed by atoms with Crippen LogP contribution in [0.2, 0.25) is 5.02 Å². The number of anilines is 6. The van der Waals surface area contributed by atoms with Gasteiger partial charge >= 0.3 is 10.2 Å². The quantitative estimate of drug-likeness (QED) is 0.335. The van der Waals surface area contributed by atoms with Gasteiger partial charge in [0.1, 0.15) is 10.8 Å². The van der Waals surface area contributed by atoms with Crippen LogP contribution in [-0.4, -0.2) is 113 Å². The van der Waals surface area contributed by atoms with Crippen molar-refractivity contribution < 1.29 is 13.2 Å². The Balaban J connectivity index is 1.28. The molecule has 12 nitrogen and oxygen atoms in total. The summed E-state index contributed by atoms with van der Waals surface area (Å²) < 4.78 is 33.7. The van der Waals surface area contributed by atoms with Crippen LogP contribution in [0.1, 0.15) is 12.8 Å². The average molecular weight is 644 g/mol. The van der Waals surface area contributed by atoms with E-state index in [1.54, 1.807) is 31.4 Å². The Morgan fingerprint density at radius 1 is 0.955 bits per heavy atom. The van der Waals surface area contributed by atoms with Gasteiger partial charge in [0, 0.05) is 78.2 Å². The number of nitrogens with one attached hydrogen (secondary N) is 2. The van der Waals surface area contributed by atoms with E-state index >= 15 is 0 Å². The summed E-state index contributed by atoms with van der Waals surface area (Å²) in [6, 6.07) is 13.8. The molecular weight excluding hydrogens is 602 g/mol. The third-order valence-electron chi connectivity index (χ3n) is 8.36. The van der Waals surface area contributed by atoms with Gasteiger partial charge in [-0.3, -0.25) is 9.21 Å². The molecule has 2 saturated heterocycles. The van der Waals surface area contributed by atoms with Gasteiger partial charge in [-0.25, -0.2) is 4.98 Å². The van der Waals surface area contributed by atoms with E-state index < -0.39 is 10.2 Å². The molecule has 1 aromatic heterocycles. The van der Waals surface area contributed by atoms with Crippen LogP contribution in [0.15, 0.2) is 48.7 Å². The van der Waals surface area contributed by atoms with Crippen LogP contribution in [0, 0.1) is 0 Å². The maximum atomic E-state index is 12.8. The number of benzene rings is 2. The zero-order valence-electron chi connectivity index (χ0n) is 26.0. The molecule has 2 N–H and O–H groups in total. The Morgan fingerprint density at radius 2 is 1.66 bits per heavy atom. The second-order valence-electron chi connectivity index (χ2n) is 11.4. The van der Waals surface area contributed by atoms with E-state index in [4.69, 9.17) is 16.3 Å². The molecule has 0 aliphatic carbocycles. The maximum absolute atomic E-state index is 12.8. The number of para-hydroxylation sites is 2. The van der Waals surface area contributed by atoms with Crippen molar-refractivity contribution in [2.45, 2.75) is 18.9 Å². The smallest absolute Gasteiger partial charge is 0.303 e. The fourth-order valence-electron chi connectivity index (χ4n) is 5.64. The fraction of sp³-hybridized carbons (Fsp3) is 0.467. The highest BCUT2D eigenvalue weighted by molar-refractivity contribution is 7.90. The lowest BCUT2D eigenvalue weighted by Gasteiger charge is -2.42. The molecule has 3 aromatic rings. The number of halogens is 1. The molecule has 0 saturated carbocycles. The van der Waals surface area contributed by atoms with Crippen molar-refractivity contribution in [1.29, 1.82) is 0 Å². The number of methoxy groups -OCH3 is 1. The van der Waals surface area contributed by atoms with E-state index in [-0.39, 0.29) is 5.02 Å². The second kappa shape index (κ2) is 13.7. The van der Waals surface area contributed by atoms with Crippen LogP contribution in [0.4, 0.5) is 34.5 Å². The minimum absolute atomic E-state index is 0.283. The van der Waals surface area contributed by atoms with Crippen LogP contribution in [-0.2, 0) is 10.2 Å². The molecule has 2 fully saturated rings. The number of aromatic nitrogens is 2. The van der Waals surface area contributed by atoms with Crippen LogP contribution >= 0.6 is 11.6 Å². The molecule has 2 aliphatic rings. The standard InChI is InChI=1S/C30H42ClN9O3S/c1-36(2)44(41,42)38(4)27-9-7-6-8-25(27)33-29-24(31)21-32-30(35-29)34-26-11-10-23(20-28(26)43-5)39-14-12-22(13-15-39)40-18-16-37(3)17-19-40/h6-11,20-22H,12-19H2,1-5H3,(H2,32,33,34,35). The Labute approximate surface area is 265 Å². The Kier molecular flexibility index (Phi) is 10.0. The van der Waals surface area contributed by atoms with Crippen molar-refractivity contribution in [2.75, 3.05) is 94.4 Å². The second-order valence-corrected chi connectivity index (χ2v) is 13.9. The number of nitrogens with zero attached hydrogens (tertiary/aromatic N) is 7. The van der Waals surface area contributed by atoms with Crippen LogP contribution in [0.5, 0.6) is 5.75 Å². The molecule has 0 radical (unpaired) electrons. The summed E-state index contributed by atoms with van der Waals surface area (Å²) in [6.07, 6.45) is 3.80.